The highest BCUT2D eigenvalue weighted by Crippen LogP contribution is 2.61. The van der Waals surface area contributed by atoms with Crippen LogP contribution < -0.4 is 5.73 Å². The lowest BCUT2D eigenvalue weighted by Gasteiger charge is -2.40. The van der Waals surface area contributed by atoms with Crippen LogP contribution in [-0.4, -0.2) is 42.6 Å². The van der Waals surface area contributed by atoms with Gasteiger partial charge in [0.1, 0.15) is 0 Å². The largest absolute Gasteiger partial charge is 0.463 e. The predicted octanol–water partition coefficient (Wildman–Crippen LogP) is 3.25. The SMILES string of the molecule is CC(C)CC(C)(C(=O)OCC(=O)OCCCCC1C(C)C2CC1C1C(=O)OC(=O)C21)C(C)(C)N. The Labute approximate surface area is 202 Å². The summed E-state index contributed by atoms with van der Waals surface area (Å²) in [4.78, 5) is 48.9. The Morgan fingerprint density at radius 3 is 2.26 bits per heavy atom. The highest BCUT2D eigenvalue weighted by Gasteiger charge is 2.65. The summed E-state index contributed by atoms with van der Waals surface area (Å²) >= 11 is 0. The summed E-state index contributed by atoms with van der Waals surface area (Å²) in [7, 11) is 0. The first kappa shape index (κ1) is 26.6. The Balaban J connectivity index is 1.37. The third kappa shape index (κ3) is 5.02. The van der Waals surface area contributed by atoms with Crippen LogP contribution in [0.5, 0.6) is 0 Å². The van der Waals surface area contributed by atoms with E-state index in [4.69, 9.17) is 19.9 Å². The van der Waals surface area contributed by atoms with Gasteiger partial charge in [-0.3, -0.25) is 14.4 Å². The Morgan fingerprint density at radius 2 is 1.68 bits per heavy atom. The van der Waals surface area contributed by atoms with E-state index in [1.165, 1.54) is 0 Å². The smallest absolute Gasteiger partial charge is 0.344 e. The number of carbonyl (C=O) groups is 4. The topological polar surface area (TPSA) is 122 Å². The van der Waals surface area contributed by atoms with Crippen molar-refractivity contribution in [2.24, 2.45) is 52.6 Å². The fourth-order valence-electron chi connectivity index (χ4n) is 6.60. The second-order valence-corrected chi connectivity index (χ2v) is 11.8. The third-order valence-electron chi connectivity index (χ3n) is 8.71. The molecule has 192 valence electrons. The number of carbonyl (C=O) groups excluding carboxylic acids is 4. The van der Waals surface area contributed by atoms with Gasteiger partial charge in [0.2, 0.25) is 0 Å². The molecular formula is C26H41NO7. The molecule has 0 amide bonds. The molecule has 0 aromatic carbocycles. The van der Waals surface area contributed by atoms with E-state index in [1.54, 1.807) is 20.8 Å². The number of esters is 4. The average molecular weight is 480 g/mol. The molecule has 2 aliphatic carbocycles. The van der Waals surface area contributed by atoms with Gasteiger partial charge in [0.15, 0.2) is 6.61 Å². The van der Waals surface area contributed by atoms with Gasteiger partial charge >= 0.3 is 23.9 Å². The predicted molar refractivity (Wildman–Crippen MR) is 124 cm³/mol. The van der Waals surface area contributed by atoms with Crippen LogP contribution in [0.25, 0.3) is 0 Å². The zero-order chi connectivity index (χ0) is 25.4. The molecule has 7 atom stereocenters. The van der Waals surface area contributed by atoms with Crippen LogP contribution in [0.4, 0.5) is 0 Å². The lowest BCUT2D eigenvalue weighted by atomic mass is 9.68. The Kier molecular flexibility index (Phi) is 7.80. The molecule has 7 unspecified atom stereocenters. The Bertz CT molecular complexity index is 816. The minimum Gasteiger partial charge on any atom is -0.463 e. The van der Waals surface area contributed by atoms with E-state index < -0.39 is 29.5 Å². The molecule has 0 radical (unpaired) electrons. The molecule has 3 rings (SSSR count). The zero-order valence-corrected chi connectivity index (χ0v) is 21.4. The van der Waals surface area contributed by atoms with Gasteiger partial charge in [-0.25, -0.2) is 4.79 Å². The van der Waals surface area contributed by atoms with Gasteiger partial charge in [-0.2, -0.15) is 0 Å². The molecule has 2 saturated carbocycles. The van der Waals surface area contributed by atoms with E-state index >= 15 is 0 Å². The van der Waals surface area contributed by atoms with Gasteiger partial charge in [0.25, 0.3) is 0 Å². The summed E-state index contributed by atoms with van der Waals surface area (Å²) in [6, 6.07) is 0. The van der Waals surface area contributed by atoms with Gasteiger partial charge in [0.05, 0.1) is 23.9 Å². The maximum Gasteiger partial charge on any atom is 0.344 e. The molecule has 3 aliphatic rings. The molecule has 2 bridgehead atoms. The van der Waals surface area contributed by atoms with Crippen LogP contribution in [0, 0.1) is 46.8 Å². The molecule has 8 nitrogen and oxygen atoms in total. The van der Waals surface area contributed by atoms with E-state index in [0.717, 1.165) is 19.3 Å². The quantitative estimate of drug-likeness (QED) is 0.207. The Morgan fingerprint density at radius 1 is 1.06 bits per heavy atom. The highest BCUT2D eigenvalue weighted by molar-refractivity contribution is 5.97. The van der Waals surface area contributed by atoms with E-state index in [0.29, 0.717) is 24.7 Å². The summed E-state index contributed by atoms with van der Waals surface area (Å²) in [6.07, 6.45) is 3.97. The summed E-state index contributed by atoms with van der Waals surface area (Å²) in [5.74, 6) is -0.745. The van der Waals surface area contributed by atoms with Crippen molar-refractivity contribution in [1.29, 1.82) is 0 Å². The number of unbranched alkanes of at least 4 members (excludes halogenated alkanes) is 1. The third-order valence-corrected chi connectivity index (χ3v) is 8.71. The number of hydrogen-bond acceptors (Lipinski definition) is 8. The van der Waals surface area contributed by atoms with Gasteiger partial charge < -0.3 is 19.9 Å². The number of rotatable bonds is 11. The van der Waals surface area contributed by atoms with Crippen LogP contribution in [0.2, 0.25) is 0 Å². The van der Waals surface area contributed by atoms with E-state index in [-0.39, 0.29) is 48.1 Å². The maximum absolute atomic E-state index is 12.7. The average Bonchev–Trinajstić information content (AvgIpc) is 3.35. The fraction of sp³-hybridized carbons (Fsp3) is 0.846. The van der Waals surface area contributed by atoms with Crippen molar-refractivity contribution >= 4 is 23.9 Å². The van der Waals surface area contributed by atoms with Gasteiger partial charge in [-0.05, 0) is 82.5 Å². The van der Waals surface area contributed by atoms with Crippen LogP contribution >= 0.6 is 0 Å². The minimum absolute atomic E-state index is 0.220. The molecule has 8 heteroatoms. The molecule has 1 saturated heterocycles. The lowest BCUT2D eigenvalue weighted by Crippen LogP contribution is -2.55. The van der Waals surface area contributed by atoms with E-state index in [1.807, 2.05) is 13.8 Å². The molecule has 0 aromatic rings. The molecule has 2 N–H and O–H groups in total. The van der Waals surface area contributed by atoms with Crippen molar-refractivity contribution in [3.63, 3.8) is 0 Å². The molecule has 3 fully saturated rings. The molecular weight excluding hydrogens is 438 g/mol. The summed E-state index contributed by atoms with van der Waals surface area (Å²) in [6.45, 7) is 11.4. The van der Waals surface area contributed by atoms with Crippen molar-refractivity contribution in [2.75, 3.05) is 13.2 Å². The van der Waals surface area contributed by atoms with Crippen LogP contribution in [-0.2, 0) is 33.4 Å². The van der Waals surface area contributed by atoms with E-state index in [2.05, 4.69) is 6.92 Å². The highest BCUT2D eigenvalue weighted by atomic mass is 16.6. The van der Waals surface area contributed by atoms with Crippen molar-refractivity contribution in [2.45, 2.75) is 79.2 Å². The fourth-order valence-corrected chi connectivity index (χ4v) is 6.60. The number of cyclic esters (lactones) is 2. The van der Waals surface area contributed by atoms with Crippen molar-refractivity contribution in [3.8, 4) is 0 Å². The number of fused-ring (bicyclic) bond motifs is 5. The summed E-state index contributed by atoms with van der Waals surface area (Å²) in [5, 5.41) is 0. The van der Waals surface area contributed by atoms with Gasteiger partial charge in [0, 0.05) is 5.54 Å². The standard InChI is InChI=1S/C26H41NO7/c1-14(2)12-26(6,25(4,5)27)24(31)33-13-19(28)32-10-8-7-9-16-15(3)17-11-18(16)21-20(17)22(29)34-23(21)30/h14-18,20-21H,7-13,27H2,1-6H3. The normalized spacial score (nSPS) is 31.9. The lowest BCUT2D eigenvalue weighted by molar-refractivity contribution is -0.168. The molecule has 0 spiro atoms. The van der Waals surface area contributed by atoms with Crippen LogP contribution in [0.1, 0.15) is 73.6 Å². The summed E-state index contributed by atoms with van der Waals surface area (Å²) in [5.41, 5.74) is 4.55. The van der Waals surface area contributed by atoms with Gasteiger partial charge in [-0.1, -0.05) is 20.8 Å². The first-order valence-corrected chi connectivity index (χ1v) is 12.6. The number of ether oxygens (including phenoxy) is 3. The monoisotopic (exact) mass is 479 g/mol. The second-order valence-electron chi connectivity index (χ2n) is 11.8. The van der Waals surface area contributed by atoms with Crippen molar-refractivity contribution < 1.29 is 33.4 Å². The molecule has 1 heterocycles. The van der Waals surface area contributed by atoms with Crippen LogP contribution in [0.3, 0.4) is 0 Å². The van der Waals surface area contributed by atoms with Crippen molar-refractivity contribution in [3.05, 3.63) is 0 Å². The van der Waals surface area contributed by atoms with Gasteiger partial charge in [-0.15, -0.1) is 0 Å². The minimum atomic E-state index is -0.909. The summed E-state index contributed by atoms with van der Waals surface area (Å²) < 4.78 is 15.4. The zero-order valence-electron chi connectivity index (χ0n) is 21.4. The first-order valence-electron chi connectivity index (χ1n) is 12.6. The van der Waals surface area contributed by atoms with Crippen LogP contribution in [0.15, 0.2) is 0 Å². The number of hydrogen-bond donors (Lipinski definition) is 1. The Hall–Kier alpha value is -1.96. The van der Waals surface area contributed by atoms with E-state index in [9.17, 15) is 19.2 Å². The number of nitrogens with two attached hydrogens (primary N) is 1. The first-order chi connectivity index (χ1) is 15.8. The van der Waals surface area contributed by atoms with Crippen molar-refractivity contribution in [1.82, 2.24) is 0 Å². The second kappa shape index (κ2) is 9.96. The maximum atomic E-state index is 12.7. The molecule has 34 heavy (non-hydrogen) atoms. The molecule has 1 aliphatic heterocycles. The molecule has 0 aromatic heterocycles.